The summed E-state index contributed by atoms with van der Waals surface area (Å²) in [6, 6.07) is 0.341. The molecule has 1 amide bonds. The van der Waals surface area contributed by atoms with Gasteiger partial charge in [-0.25, -0.2) is 4.79 Å². The van der Waals surface area contributed by atoms with Crippen molar-refractivity contribution in [3.63, 3.8) is 0 Å². The number of rotatable bonds is 3. The van der Waals surface area contributed by atoms with Crippen molar-refractivity contribution in [2.45, 2.75) is 58.1 Å². The standard InChI is InChI=1S/C13H23NO2/c1-5-6-8-11-9-7-10-14(11)12(15)16-13(2,3)4/h5,11H,1,6-10H2,2-4H3. The van der Waals surface area contributed by atoms with E-state index in [1.807, 2.05) is 31.7 Å². The molecular weight excluding hydrogens is 202 g/mol. The van der Waals surface area contributed by atoms with E-state index >= 15 is 0 Å². The normalized spacial score (nSPS) is 20.9. The predicted molar refractivity (Wildman–Crippen MR) is 65.4 cm³/mol. The maximum atomic E-state index is 11.9. The Kier molecular flexibility index (Phi) is 4.39. The highest BCUT2D eigenvalue weighted by atomic mass is 16.6. The molecule has 0 N–H and O–H groups in total. The summed E-state index contributed by atoms with van der Waals surface area (Å²) in [6.07, 6.45) is 5.88. The number of ether oxygens (including phenoxy) is 1. The van der Waals surface area contributed by atoms with Crippen LogP contribution in [-0.2, 0) is 4.74 Å². The Labute approximate surface area is 98.5 Å². The van der Waals surface area contributed by atoms with Crippen LogP contribution < -0.4 is 0 Å². The molecule has 1 rings (SSSR count). The van der Waals surface area contributed by atoms with Gasteiger partial charge >= 0.3 is 6.09 Å². The largest absolute Gasteiger partial charge is 0.444 e. The van der Waals surface area contributed by atoms with Crippen molar-refractivity contribution < 1.29 is 9.53 Å². The SMILES string of the molecule is C=CCCC1CCCN1C(=O)OC(C)(C)C. The number of carbonyl (C=O) groups is 1. The minimum atomic E-state index is -0.400. The van der Waals surface area contributed by atoms with E-state index in [0.29, 0.717) is 6.04 Å². The van der Waals surface area contributed by atoms with E-state index in [1.165, 1.54) is 0 Å². The molecule has 1 unspecified atom stereocenters. The first-order chi connectivity index (χ1) is 7.44. The van der Waals surface area contributed by atoms with Crippen molar-refractivity contribution in [2.75, 3.05) is 6.54 Å². The van der Waals surface area contributed by atoms with E-state index in [1.54, 1.807) is 0 Å². The summed E-state index contributed by atoms with van der Waals surface area (Å²) >= 11 is 0. The van der Waals surface area contributed by atoms with Gasteiger partial charge in [0, 0.05) is 12.6 Å². The third-order valence-corrected chi connectivity index (χ3v) is 2.71. The second-order valence-corrected chi connectivity index (χ2v) is 5.34. The average Bonchev–Trinajstić information content (AvgIpc) is 2.59. The molecule has 0 bridgehead atoms. The summed E-state index contributed by atoms with van der Waals surface area (Å²) in [4.78, 5) is 13.8. The van der Waals surface area contributed by atoms with Crippen molar-refractivity contribution in [1.82, 2.24) is 4.90 Å². The first-order valence-electron chi connectivity index (χ1n) is 6.04. The van der Waals surface area contributed by atoms with Gasteiger partial charge in [0.15, 0.2) is 0 Å². The van der Waals surface area contributed by atoms with Gasteiger partial charge in [-0.1, -0.05) is 6.08 Å². The van der Waals surface area contributed by atoms with Crippen molar-refractivity contribution in [1.29, 1.82) is 0 Å². The van der Waals surface area contributed by atoms with Crippen LogP contribution in [0.1, 0.15) is 46.5 Å². The number of allylic oxidation sites excluding steroid dienone is 1. The lowest BCUT2D eigenvalue weighted by molar-refractivity contribution is 0.0221. The molecule has 0 aromatic rings. The number of hydrogen-bond donors (Lipinski definition) is 0. The Morgan fingerprint density at radius 1 is 1.56 bits per heavy atom. The first kappa shape index (κ1) is 13.1. The minimum absolute atomic E-state index is 0.168. The maximum absolute atomic E-state index is 11.9. The number of carbonyl (C=O) groups excluding carboxylic acids is 1. The van der Waals surface area contributed by atoms with Crippen LogP contribution in [0.4, 0.5) is 4.79 Å². The fourth-order valence-electron chi connectivity index (χ4n) is 2.01. The zero-order valence-electron chi connectivity index (χ0n) is 10.7. The second-order valence-electron chi connectivity index (χ2n) is 5.34. The summed E-state index contributed by atoms with van der Waals surface area (Å²) < 4.78 is 5.39. The molecule has 0 spiro atoms. The van der Waals surface area contributed by atoms with Gasteiger partial charge in [0.05, 0.1) is 0 Å². The van der Waals surface area contributed by atoms with Gasteiger partial charge in [-0.15, -0.1) is 6.58 Å². The van der Waals surface area contributed by atoms with Crippen LogP contribution in [0.3, 0.4) is 0 Å². The van der Waals surface area contributed by atoms with Crippen LogP contribution in [0, 0.1) is 0 Å². The van der Waals surface area contributed by atoms with Crippen LogP contribution >= 0.6 is 0 Å². The van der Waals surface area contributed by atoms with Crippen LogP contribution in [0.2, 0.25) is 0 Å². The molecular formula is C13H23NO2. The number of likely N-dealkylation sites (tertiary alicyclic amines) is 1. The number of amides is 1. The molecule has 1 atom stereocenters. The minimum Gasteiger partial charge on any atom is -0.444 e. The van der Waals surface area contributed by atoms with Crippen LogP contribution in [0.5, 0.6) is 0 Å². The molecule has 1 aliphatic rings. The average molecular weight is 225 g/mol. The fourth-order valence-corrected chi connectivity index (χ4v) is 2.01. The highest BCUT2D eigenvalue weighted by Gasteiger charge is 2.31. The zero-order chi connectivity index (χ0) is 12.2. The van der Waals surface area contributed by atoms with Gasteiger partial charge < -0.3 is 9.64 Å². The Balaban J connectivity index is 2.50. The molecule has 92 valence electrons. The van der Waals surface area contributed by atoms with Crippen LogP contribution in [0.25, 0.3) is 0 Å². The molecule has 3 nitrogen and oxygen atoms in total. The lowest BCUT2D eigenvalue weighted by Gasteiger charge is -2.28. The molecule has 1 heterocycles. The summed E-state index contributed by atoms with van der Waals surface area (Å²) in [6.45, 7) is 10.3. The molecule has 0 saturated carbocycles. The first-order valence-corrected chi connectivity index (χ1v) is 6.04. The predicted octanol–water partition coefficient (Wildman–Crippen LogP) is 3.35. The van der Waals surface area contributed by atoms with Crippen molar-refractivity contribution in [3.8, 4) is 0 Å². The van der Waals surface area contributed by atoms with Gasteiger partial charge in [-0.2, -0.15) is 0 Å². The molecule has 0 aromatic heterocycles. The third-order valence-electron chi connectivity index (χ3n) is 2.71. The van der Waals surface area contributed by atoms with Crippen LogP contribution in [-0.4, -0.2) is 29.2 Å². The topological polar surface area (TPSA) is 29.5 Å². The van der Waals surface area contributed by atoms with Gasteiger partial charge in [0.2, 0.25) is 0 Å². The quantitative estimate of drug-likeness (QED) is 0.689. The summed E-state index contributed by atoms with van der Waals surface area (Å²) in [5.74, 6) is 0. The highest BCUT2D eigenvalue weighted by molar-refractivity contribution is 5.68. The lowest BCUT2D eigenvalue weighted by atomic mass is 10.1. The zero-order valence-corrected chi connectivity index (χ0v) is 10.7. The second kappa shape index (κ2) is 5.37. The van der Waals surface area contributed by atoms with Crippen LogP contribution in [0.15, 0.2) is 12.7 Å². The molecule has 0 aliphatic carbocycles. The van der Waals surface area contributed by atoms with Crippen molar-refractivity contribution in [3.05, 3.63) is 12.7 Å². The molecule has 1 fully saturated rings. The van der Waals surface area contributed by atoms with Crippen molar-refractivity contribution in [2.24, 2.45) is 0 Å². The lowest BCUT2D eigenvalue weighted by Crippen LogP contribution is -2.39. The Morgan fingerprint density at radius 2 is 2.25 bits per heavy atom. The highest BCUT2D eigenvalue weighted by Crippen LogP contribution is 2.23. The maximum Gasteiger partial charge on any atom is 0.410 e. The summed E-state index contributed by atoms with van der Waals surface area (Å²) in [5, 5.41) is 0. The molecule has 0 radical (unpaired) electrons. The monoisotopic (exact) mass is 225 g/mol. The van der Waals surface area contributed by atoms with E-state index in [2.05, 4.69) is 6.58 Å². The van der Waals surface area contributed by atoms with E-state index in [-0.39, 0.29) is 6.09 Å². The Morgan fingerprint density at radius 3 is 2.81 bits per heavy atom. The Bertz CT molecular complexity index is 255. The van der Waals surface area contributed by atoms with E-state index in [9.17, 15) is 4.79 Å². The Hall–Kier alpha value is -0.990. The number of hydrogen-bond acceptors (Lipinski definition) is 2. The molecule has 1 aliphatic heterocycles. The molecule has 16 heavy (non-hydrogen) atoms. The van der Waals surface area contributed by atoms with Gasteiger partial charge in [0.25, 0.3) is 0 Å². The van der Waals surface area contributed by atoms with Gasteiger partial charge in [-0.05, 0) is 46.5 Å². The fraction of sp³-hybridized carbons (Fsp3) is 0.769. The van der Waals surface area contributed by atoms with E-state index < -0.39 is 5.60 Å². The smallest absolute Gasteiger partial charge is 0.410 e. The van der Waals surface area contributed by atoms with Gasteiger partial charge in [0.1, 0.15) is 5.60 Å². The molecule has 1 saturated heterocycles. The summed E-state index contributed by atoms with van der Waals surface area (Å²) in [5.41, 5.74) is -0.400. The van der Waals surface area contributed by atoms with E-state index in [4.69, 9.17) is 4.74 Å². The molecule has 0 aromatic carbocycles. The van der Waals surface area contributed by atoms with Gasteiger partial charge in [-0.3, -0.25) is 0 Å². The molecule has 3 heteroatoms. The van der Waals surface area contributed by atoms with E-state index in [0.717, 1.165) is 32.2 Å². The summed E-state index contributed by atoms with van der Waals surface area (Å²) in [7, 11) is 0. The third kappa shape index (κ3) is 3.87. The van der Waals surface area contributed by atoms with Crippen molar-refractivity contribution >= 4 is 6.09 Å². The number of nitrogens with zero attached hydrogens (tertiary/aromatic N) is 1.